The molecule has 0 bridgehead atoms. The minimum absolute atomic E-state index is 0.138. The van der Waals surface area contributed by atoms with Crippen molar-refractivity contribution in [2.45, 2.75) is 6.18 Å². The van der Waals surface area contributed by atoms with Gasteiger partial charge in [-0.05, 0) is 12.1 Å². The fourth-order valence-electron chi connectivity index (χ4n) is 1.67. The molecule has 1 aromatic carbocycles. The normalized spacial score (nSPS) is 11.6. The number of aromatic nitrogens is 1. The summed E-state index contributed by atoms with van der Waals surface area (Å²) < 4.78 is 36.6. The molecule has 2 rings (SSSR count). The van der Waals surface area contributed by atoms with Gasteiger partial charge in [0, 0.05) is 15.9 Å². The second-order valence-corrected chi connectivity index (χ2v) is 4.26. The highest BCUT2D eigenvalue weighted by atomic mass is 35.5. The Morgan fingerprint density at radius 2 is 1.95 bits per heavy atom. The van der Waals surface area contributed by atoms with Crippen molar-refractivity contribution in [3.8, 4) is 0 Å². The molecule has 1 heterocycles. The van der Waals surface area contributed by atoms with E-state index in [1.165, 1.54) is 23.5 Å². The number of benzene rings is 1. The first kappa shape index (κ1) is 14.2. The summed E-state index contributed by atoms with van der Waals surface area (Å²) in [5.41, 5.74) is -0.262. The molecule has 0 atom stereocenters. The molecule has 0 unspecified atom stereocenters. The van der Waals surface area contributed by atoms with Crippen molar-refractivity contribution in [1.82, 2.24) is 4.98 Å². The monoisotopic (exact) mass is 306 g/mol. The van der Waals surface area contributed by atoms with Crippen molar-refractivity contribution in [3.63, 3.8) is 0 Å². The summed E-state index contributed by atoms with van der Waals surface area (Å²) in [6.45, 7) is 0. The maximum absolute atomic E-state index is 12.2. The van der Waals surface area contributed by atoms with Crippen LogP contribution in [0, 0.1) is 0 Å². The fourth-order valence-corrected chi connectivity index (χ4v) is 1.84. The number of halogens is 4. The summed E-state index contributed by atoms with van der Waals surface area (Å²) in [6, 6.07) is 4.06. The summed E-state index contributed by atoms with van der Waals surface area (Å²) in [6.07, 6.45) is -5.12. The molecule has 0 aliphatic rings. The highest BCUT2D eigenvalue weighted by Crippen LogP contribution is 2.29. The average Bonchev–Trinajstić information content (AvgIpc) is 2.64. The third-order valence-electron chi connectivity index (χ3n) is 2.47. The average molecular weight is 307 g/mol. The van der Waals surface area contributed by atoms with Crippen LogP contribution in [0.3, 0.4) is 0 Å². The SMILES string of the molecule is O=C(O)c1c(NC(=O)C(F)(F)F)[nH]c2cc(Cl)ccc12. The van der Waals surface area contributed by atoms with E-state index in [9.17, 15) is 22.8 Å². The van der Waals surface area contributed by atoms with E-state index >= 15 is 0 Å². The minimum atomic E-state index is -5.12. The third kappa shape index (κ3) is 2.55. The molecule has 0 saturated carbocycles. The maximum atomic E-state index is 12.2. The molecule has 2 aromatic rings. The summed E-state index contributed by atoms with van der Waals surface area (Å²) in [4.78, 5) is 24.4. The number of nitrogens with one attached hydrogen (secondary N) is 2. The Bertz CT molecular complexity index is 709. The molecule has 0 saturated heterocycles. The zero-order chi connectivity index (χ0) is 15.1. The van der Waals surface area contributed by atoms with Crippen molar-refractivity contribution in [1.29, 1.82) is 0 Å². The van der Waals surface area contributed by atoms with Gasteiger partial charge in [0.2, 0.25) is 0 Å². The topological polar surface area (TPSA) is 82.2 Å². The van der Waals surface area contributed by atoms with E-state index < -0.39 is 29.4 Å². The van der Waals surface area contributed by atoms with Gasteiger partial charge in [-0.15, -0.1) is 0 Å². The quantitative estimate of drug-likeness (QED) is 0.797. The molecule has 0 spiro atoms. The Morgan fingerprint density at radius 1 is 1.30 bits per heavy atom. The van der Waals surface area contributed by atoms with E-state index in [0.29, 0.717) is 0 Å². The number of H-pyrrole nitrogens is 1. The Balaban J connectivity index is 2.55. The van der Waals surface area contributed by atoms with Gasteiger partial charge < -0.3 is 15.4 Å². The lowest BCUT2D eigenvalue weighted by molar-refractivity contribution is -0.167. The molecule has 20 heavy (non-hydrogen) atoms. The summed E-state index contributed by atoms with van der Waals surface area (Å²) in [5, 5.41) is 11.0. The van der Waals surface area contributed by atoms with Crippen LogP contribution in [0.1, 0.15) is 10.4 Å². The van der Waals surface area contributed by atoms with Gasteiger partial charge in [0.15, 0.2) is 0 Å². The van der Waals surface area contributed by atoms with Crippen molar-refractivity contribution in [2.24, 2.45) is 0 Å². The molecule has 106 valence electrons. The number of fused-ring (bicyclic) bond motifs is 1. The molecule has 1 aromatic heterocycles. The molecule has 0 radical (unpaired) electrons. The standard InChI is InChI=1S/C11H6ClF3N2O3/c12-4-1-2-5-6(3-4)16-8(7(5)9(18)19)17-10(20)11(13,14)15/h1-3,16H,(H,17,20)(H,18,19). The highest BCUT2D eigenvalue weighted by molar-refractivity contribution is 6.31. The van der Waals surface area contributed by atoms with Crippen LogP contribution in [-0.2, 0) is 4.79 Å². The number of aromatic carboxylic acids is 1. The summed E-state index contributed by atoms with van der Waals surface area (Å²) in [5.74, 6) is -4.29. The summed E-state index contributed by atoms with van der Waals surface area (Å²) >= 11 is 5.70. The van der Waals surface area contributed by atoms with Gasteiger partial charge >= 0.3 is 18.1 Å². The van der Waals surface area contributed by atoms with E-state index in [0.717, 1.165) is 0 Å². The van der Waals surface area contributed by atoms with E-state index in [4.69, 9.17) is 16.7 Å². The van der Waals surface area contributed by atoms with E-state index in [1.54, 1.807) is 0 Å². The van der Waals surface area contributed by atoms with Crippen LogP contribution in [0.5, 0.6) is 0 Å². The molecular formula is C11H6ClF3N2O3. The Morgan fingerprint density at radius 3 is 2.50 bits per heavy atom. The number of hydrogen-bond acceptors (Lipinski definition) is 2. The first-order valence-corrected chi connectivity index (χ1v) is 5.50. The van der Waals surface area contributed by atoms with Gasteiger partial charge in [-0.25, -0.2) is 4.79 Å². The first-order valence-electron chi connectivity index (χ1n) is 5.13. The number of carbonyl (C=O) groups excluding carboxylic acids is 1. The number of rotatable bonds is 2. The number of anilines is 1. The second kappa shape index (κ2) is 4.71. The van der Waals surface area contributed by atoms with Gasteiger partial charge in [0.25, 0.3) is 0 Å². The summed E-state index contributed by atoms with van der Waals surface area (Å²) in [7, 11) is 0. The van der Waals surface area contributed by atoms with Crippen LogP contribution in [0.25, 0.3) is 10.9 Å². The van der Waals surface area contributed by atoms with Crippen molar-refractivity contribution in [2.75, 3.05) is 5.32 Å². The van der Waals surface area contributed by atoms with Crippen LogP contribution in [0.2, 0.25) is 5.02 Å². The van der Waals surface area contributed by atoms with Crippen molar-refractivity contribution in [3.05, 3.63) is 28.8 Å². The van der Waals surface area contributed by atoms with Crippen LogP contribution in [0.15, 0.2) is 18.2 Å². The lowest BCUT2D eigenvalue weighted by Gasteiger charge is -2.06. The molecule has 0 fully saturated rings. The predicted molar refractivity (Wildman–Crippen MR) is 65.0 cm³/mol. The minimum Gasteiger partial charge on any atom is -0.478 e. The lowest BCUT2D eigenvalue weighted by Crippen LogP contribution is -2.30. The van der Waals surface area contributed by atoms with Crippen LogP contribution < -0.4 is 5.32 Å². The van der Waals surface area contributed by atoms with Crippen LogP contribution >= 0.6 is 11.6 Å². The van der Waals surface area contributed by atoms with Gasteiger partial charge in [0.05, 0.1) is 0 Å². The van der Waals surface area contributed by atoms with Gasteiger partial charge in [-0.1, -0.05) is 17.7 Å². The molecule has 5 nitrogen and oxygen atoms in total. The van der Waals surface area contributed by atoms with Gasteiger partial charge in [-0.2, -0.15) is 13.2 Å². The van der Waals surface area contributed by atoms with Crippen molar-refractivity contribution < 1.29 is 27.9 Å². The van der Waals surface area contributed by atoms with E-state index in [-0.39, 0.29) is 15.9 Å². The molecule has 1 amide bonds. The fraction of sp³-hybridized carbons (Fsp3) is 0.0909. The van der Waals surface area contributed by atoms with E-state index in [1.807, 2.05) is 0 Å². The number of amides is 1. The van der Waals surface area contributed by atoms with Crippen LogP contribution in [0.4, 0.5) is 19.0 Å². The number of carboxylic acids is 1. The molecule has 0 aliphatic heterocycles. The molecule has 3 N–H and O–H groups in total. The smallest absolute Gasteiger partial charge is 0.471 e. The lowest BCUT2D eigenvalue weighted by atomic mass is 10.1. The Hall–Kier alpha value is -2.22. The molecular weight excluding hydrogens is 301 g/mol. The highest BCUT2D eigenvalue weighted by Gasteiger charge is 2.39. The number of alkyl halides is 3. The number of carbonyl (C=O) groups is 2. The molecule has 9 heteroatoms. The first-order chi connectivity index (χ1) is 9.20. The number of aromatic amines is 1. The zero-order valence-corrected chi connectivity index (χ0v) is 10.3. The van der Waals surface area contributed by atoms with Crippen molar-refractivity contribution >= 4 is 40.2 Å². The Kier molecular flexibility index (Phi) is 3.34. The maximum Gasteiger partial charge on any atom is 0.471 e. The van der Waals surface area contributed by atoms with E-state index in [2.05, 4.69) is 4.98 Å². The largest absolute Gasteiger partial charge is 0.478 e. The van der Waals surface area contributed by atoms with Crippen LogP contribution in [-0.4, -0.2) is 28.1 Å². The molecule has 0 aliphatic carbocycles. The predicted octanol–water partition coefficient (Wildman–Crippen LogP) is 3.02. The number of hydrogen-bond donors (Lipinski definition) is 3. The van der Waals surface area contributed by atoms with Gasteiger partial charge in [0.1, 0.15) is 11.4 Å². The second-order valence-electron chi connectivity index (χ2n) is 3.82. The zero-order valence-electron chi connectivity index (χ0n) is 9.51. The third-order valence-corrected chi connectivity index (χ3v) is 2.71. The Labute approximate surface area is 114 Å². The van der Waals surface area contributed by atoms with Gasteiger partial charge in [-0.3, -0.25) is 4.79 Å². The number of carboxylic acid groups (broad SMARTS) is 1.